The molecule has 0 radical (unpaired) electrons. The van der Waals surface area contributed by atoms with Gasteiger partial charge in [0.25, 0.3) is 5.91 Å². The molecule has 2 aromatic heterocycles. The summed E-state index contributed by atoms with van der Waals surface area (Å²) in [6.07, 6.45) is 3.30. The molecule has 1 N–H and O–H groups in total. The van der Waals surface area contributed by atoms with Crippen LogP contribution < -0.4 is 10.2 Å². The predicted octanol–water partition coefficient (Wildman–Crippen LogP) is 3.65. The van der Waals surface area contributed by atoms with E-state index in [2.05, 4.69) is 4.98 Å². The minimum atomic E-state index is -0.689. The molecule has 0 spiro atoms. The first-order valence-electron chi connectivity index (χ1n) is 9.71. The topological polar surface area (TPSA) is 92.9 Å². The Morgan fingerprint density at radius 1 is 1.10 bits per heavy atom. The van der Waals surface area contributed by atoms with Gasteiger partial charge in [-0.05, 0) is 47.5 Å². The summed E-state index contributed by atoms with van der Waals surface area (Å²) in [5.41, 5.74) is 1.90. The number of aromatic hydroxyl groups is 1. The SMILES string of the molecule is COc1cc([C@H]2c3c(oc4ccccc4c3=O)C(=O)N2Cc2ccncc2)ccc1O. The molecule has 1 aliphatic rings. The summed E-state index contributed by atoms with van der Waals surface area (Å²) < 4.78 is 11.2. The maximum atomic E-state index is 13.4. The van der Waals surface area contributed by atoms with Crippen molar-refractivity contribution >= 4 is 16.9 Å². The molecule has 0 aliphatic carbocycles. The first kappa shape index (κ1) is 18.9. The number of para-hydroxylation sites is 1. The molecule has 1 atom stereocenters. The van der Waals surface area contributed by atoms with Gasteiger partial charge in [-0.15, -0.1) is 0 Å². The van der Waals surface area contributed by atoms with E-state index in [0.29, 0.717) is 16.5 Å². The molecule has 1 aliphatic heterocycles. The maximum Gasteiger partial charge on any atom is 0.291 e. The predicted molar refractivity (Wildman–Crippen MR) is 113 cm³/mol. The van der Waals surface area contributed by atoms with Gasteiger partial charge in [-0.2, -0.15) is 0 Å². The zero-order chi connectivity index (χ0) is 21.5. The smallest absolute Gasteiger partial charge is 0.291 e. The standard InChI is InChI=1S/C24H18N2O5/c1-30-19-12-15(6-7-17(19)27)21-20-22(28)16-4-2-3-5-18(16)31-23(20)24(29)26(21)13-14-8-10-25-11-9-14/h2-12,21,27H,13H2,1H3/t21-/m0/s1. The fourth-order valence-corrected chi connectivity index (χ4v) is 4.03. The number of pyridine rings is 1. The van der Waals surface area contributed by atoms with E-state index in [0.717, 1.165) is 5.56 Å². The molecule has 0 bridgehead atoms. The van der Waals surface area contributed by atoms with Gasteiger partial charge in [-0.3, -0.25) is 14.6 Å². The number of benzene rings is 2. The van der Waals surface area contributed by atoms with Crippen molar-refractivity contribution in [2.24, 2.45) is 0 Å². The lowest BCUT2D eigenvalue weighted by atomic mass is 9.98. The number of aromatic nitrogens is 1. The first-order valence-corrected chi connectivity index (χ1v) is 9.71. The van der Waals surface area contributed by atoms with Crippen molar-refractivity contribution in [3.63, 3.8) is 0 Å². The van der Waals surface area contributed by atoms with Crippen molar-refractivity contribution in [3.05, 3.63) is 99.7 Å². The zero-order valence-corrected chi connectivity index (χ0v) is 16.6. The van der Waals surface area contributed by atoms with Crippen molar-refractivity contribution in [1.29, 1.82) is 0 Å². The summed E-state index contributed by atoms with van der Waals surface area (Å²) in [5, 5.41) is 10.4. The van der Waals surface area contributed by atoms with Crippen LogP contribution in [0.3, 0.4) is 0 Å². The number of phenols is 1. The fraction of sp³-hybridized carbons (Fsp3) is 0.125. The molecule has 1 amide bonds. The van der Waals surface area contributed by atoms with Crippen LogP contribution in [0.25, 0.3) is 11.0 Å². The Morgan fingerprint density at radius 3 is 2.65 bits per heavy atom. The summed E-state index contributed by atoms with van der Waals surface area (Å²) in [5.74, 6) is -0.101. The van der Waals surface area contributed by atoms with E-state index in [9.17, 15) is 14.7 Å². The molecule has 3 heterocycles. The largest absolute Gasteiger partial charge is 0.504 e. The molecule has 0 fully saturated rings. The number of rotatable bonds is 4. The number of hydrogen-bond donors (Lipinski definition) is 1. The number of phenolic OH excluding ortho intramolecular Hbond substituents is 1. The molecule has 0 unspecified atom stereocenters. The Balaban J connectivity index is 1.74. The lowest BCUT2D eigenvalue weighted by Gasteiger charge is -2.25. The van der Waals surface area contributed by atoms with Crippen LogP contribution in [0.5, 0.6) is 11.5 Å². The van der Waals surface area contributed by atoms with Crippen LogP contribution in [-0.4, -0.2) is 28.0 Å². The molecule has 4 aromatic rings. The maximum absolute atomic E-state index is 13.4. The van der Waals surface area contributed by atoms with Crippen molar-refractivity contribution in [1.82, 2.24) is 9.88 Å². The van der Waals surface area contributed by atoms with E-state index in [4.69, 9.17) is 9.15 Å². The Hall–Kier alpha value is -4.13. The molecule has 2 aromatic carbocycles. The number of fused-ring (bicyclic) bond motifs is 2. The number of nitrogens with zero attached hydrogens (tertiary/aromatic N) is 2. The number of carbonyl (C=O) groups excluding carboxylic acids is 1. The van der Waals surface area contributed by atoms with Crippen molar-refractivity contribution in [2.45, 2.75) is 12.6 Å². The van der Waals surface area contributed by atoms with Crippen molar-refractivity contribution < 1.29 is 19.1 Å². The zero-order valence-electron chi connectivity index (χ0n) is 16.6. The average molecular weight is 414 g/mol. The fourth-order valence-electron chi connectivity index (χ4n) is 4.03. The summed E-state index contributed by atoms with van der Waals surface area (Å²) in [7, 11) is 1.45. The Morgan fingerprint density at radius 2 is 1.87 bits per heavy atom. The average Bonchev–Trinajstić information content (AvgIpc) is 3.07. The third-order valence-corrected chi connectivity index (χ3v) is 5.49. The first-order chi connectivity index (χ1) is 15.1. The van der Waals surface area contributed by atoms with Crippen LogP contribution in [0.4, 0.5) is 0 Å². The number of carbonyl (C=O) groups is 1. The Kier molecular flexibility index (Phi) is 4.43. The summed E-state index contributed by atoms with van der Waals surface area (Å²) in [4.78, 5) is 32.5. The Labute approximate surface area is 177 Å². The normalized spacial score (nSPS) is 15.3. The molecule has 5 rings (SSSR count). The van der Waals surface area contributed by atoms with Gasteiger partial charge < -0.3 is 19.2 Å². The van der Waals surface area contributed by atoms with Crippen molar-refractivity contribution in [2.75, 3.05) is 7.11 Å². The van der Waals surface area contributed by atoms with Crippen LogP contribution >= 0.6 is 0 Å². The van der Waals surface area contributed by atoms with Gasteiger partial charge in [0.2, 0.25) is 5.76 Å². The van der Waals surface area contributed by atoms with Gasteiger partial charge in [-0.1, -0.05) is 18.2 Å². The van der Waals surface area contributed by atoms with Crippen LogP contribution in [0.2, 0.25) is 0 Å². The van der Waals surface area contributed by atoms with E-state index in [1.807, 2.05) is 12.1 Å². The van der Waals surface area contributed by atoms with Gasteiger partial charge in [0.15, 0.2) is 16.9 Å². The molecule has 0 saturated heterocycles. The van der Waals surface area contributed by atoms with Gasteiger partial charge in [-0.25, -0.2) is 0 Å². The molecule has 7 heteroatoms. The van der Waals surface area contributed by atoms with E-state index >= 15 is 0 Å². The third kappa shape index (κ3) is 3.02. The van der Waals surface area contributed by atoms with Gasteiger partial charge in [0, 0.05) is 18.9 Å². The van der Waals surface area contributed by atoms with Crippen LogP contribution in [0, 0.1) is 0 Å². The lowest BCUT2D eigenvalue weighted by molar-refractivity contribution is 0.0714. The lowest BCUT2D eigenvalue weighted by Crippen LogP contribution is -2.29. The van der Waals surface area contributed by atoms with Crippen LogP contribution in [0.1, 0.15) is 33.3 Å². The highest BCUT2D eigenvalue weighted by atomic mass is 16.5. The second-order valence-corrected chi connectivity index (χ2v) is 7.29. The molecular weight excluding hydrogens is 396 g/mol. The monoisotopic (exact) mass is 414 g/mol. The second-order valence-electron chi connectivity index (χ2n) is 7.29. The van der Waals surface area contributed by atoms with Crippen LogP contribution in [0.15, 0.2) is 76.2 Å². The molecule has 7 nitrogen and oxygen atoms in total. The van der Waals surface area contributed by atoms with Gasteiger partial charge >= 0.3 is 0 Å². The van der Waals surface area contributed by atoms with E-state index in [1.165, 1.54) is 13.2 Å². The molecule has 0 saturated carbocycles. The number of amides is 1. The quantitative estimate of drug-likeness (QED) is 0.548. The molecule has 31 heavy (non-hydrogen) atoms. The second kappa shape index (κ2) is 7.28. The van der Waals surface area contributed by atoms with Gasteiger partial charge in [0.1, 0.15) is 5.58 Å². The van der Waals surface area contributed by atoms with E-state index < -0.39 is 6.04 Å². The molecule has 154 valence electrons. The number of ether oxygens (including phenoxy) is 1. The van der Waals surface area contributed by atoms with Crippen LogP contribution in [-0.2, 0) is 6.54 Å². The molecular formula is C24H18N2O5. The third-order valence-electron chi connectivity index (χ3n) is 5.49. The minimum absolute atomic E-state index is 0.0259. The highest BCUT2D eigenvalue weighted by Crippen LogP contribution is 2.41. The van der Waals surface area contributed by atoms with E-state index in [-0.39, 0.29) is 40.7 Å². The summed E-state index contributed by atoms with van der Waals surface area (Å²) in [6, 6.07) is 14.6. The summed E-state index contributed by atoms with van der Waals surface area (Å²) in [6.45, 7) is 0.259. The Bertz CT molecular complexity index is 1360. The van der Waals surface area contributed by atoms with E-state index in [1.54, 1.807) is 53.7 Å². The highest BCUT2D eigenvalue weighted by Gasteiger charge is 2.42. The minimum Gasteiger partial charge on any atom is -0.504 e. The summed E-state index contributed by atoms with van der Waals surface area (Å²) >= 11 is 0. The number of methoxy groups -OCH3 is 1. The highest BCUT2D eigenvalue weighted by molar-refractivity contribution is 5.99. The van der Waals surface area contributed by atoms with Crippen molar-refractivity contribution in [3.8, 4) is 11.5 Å². The van der Waals surface area contributed by atoms with Gasteiger partial charge in [0.05, 0.1) is 24.1 Å². The number of hydrogen-bond acceptors (Lipinski definition) is 6.